The van der Waals surface area contributed by atoms with E-state index in [1.165, 1.54) is 12.1 Å². The fourth-order valence-electron chi connectivity index (χ4n) is 1.12. The predicted molar refractivity (Wildman–Crippen MR) is 52.1 cm³/mol. The molecule has 1 aromatic rings. The van der Waals surface area contributed by atoms with Crippen molar-refractivity contribution in [3.05, 3.63) is 33.9 Å². The van der Waals surface area contributed by atoms with Crippen molar-refractivity contribution < 1.29 is 9.72 Å². The van der Waals surface area contributed by atoms with Gasteiger partial charge in [0.1, 0.15) is 5.69 Å². The first-order valence-electron chi connectivity index (χ1n) is 4.03. The number of carbonyl (C=O) groups excluding carboxylic acids is 1. The van der Waals surface area contributed by atoms with Gasteiger partial charge in [0.15, 0.2) is 0 Å². The Morgan fingerprint density at radius 3 is 2.87 bits per heavy atom. The van der Waals surface area contributed by atoms with Gasteiger partial charge in [-0.1, -0.05) is 6.07 Å². The second kappa shape index (κ2) is 4.72. The predicted octanol–water partition coefficient (Wildman–Crippen LogP) is 1.23. The van der Waals surface area contributed by atoms with E-state index in [-0.39, 0.29) is 17.8 Å². The molecule has 0 unspecified atom stereocenters. The van der Waals surface area contributed by atoms with E-state index in [2.05, 4.69) is 5.32 Å². The fraction of sp³-hybridized carbons (Fsp3) is 0.111. The first-order chi connectivity index (χ1) is 7.19. The summed E-state index contributed by atoms with van der Waals surface area (Å²) in [5, 5.41) is 21.3. The number of anilines is 1. The minimum atomic E-state index is -0.604. The zero-order valence-electron chi connectivity index (χ0n) is 7.64. The Hall–Kier alpha value is -2.42. The molecule has 0 aliphatic heterocycles. The minimum Gasteiger partial charge on any atom is -0.323 e. The lowest BCUT2D eigenvalue weighted by Crippen LogP contribution is -2.00. The van der Waals surface area contributed by atoms with E-state index in [1.54, 1.807) is 6.07 Å². The van der Waals surface area contributed by atoms with Crippen molar-refractivity contribution in [2.45, 2.75) is 6.42 Å². The summed E-state index contributed by atoms with van der Waals surface area (Å²) in [5.74, 6) is 0. The summed E-state index contributed by atoms with van der Waals surface area (Å²) < 4.78 is 0. The Morgan fingerprint density at radius 2 is 2.33 bits per heavy atom. The molecule has 0 saturated heterocycles. The molecule has 0 radical (unpaired) electrons. The third kappa shape index (κ3) is 2.51. The third-order valence-corrected chi connectivity index (χ3v) is 1.76. The zero-order valence-corrected chi connectivity index (χ0v) is 7.64. The van der Waals surface area contributed by atoms with Gasteiger partial charge in [-0.05, 0) is 11.6 Å². The Kier molecular flexibility index (Phi) is 3.35. The molecule has 1 amide bonds. The molecule has 0 saturated carbocycles. The fourth-order valence-corrected chi connectivity index (χ4v) is 1.12. The molecule has 0 heterocycles. The van der Waals surface area contributed by atoms with Crippen LogP contribution in [0.5, 0.6) is 0 Å². The lowest BCUT2D eigenvalue weighted by Gasteiger charge is -2.01. The summed E-state index contributed by atoms with van der Waals surface area (Å²) in [7, 11) is 0. The molecule has 0 spiro atoms. The van der Waals surface area contributed by atoms with E-state index >= 15 is 0 Å². The number of nitriles is 1. The Morgan fingerprint density at radius 1 is 1.60 bits per heavy atom. The van der Waals surface area contributed by atoms with Crippen LogP contribution >= 0.6 is 0 Å². The topological polar surface area (TPSA) is 96.0 Å². The standard InChI is InChI=1S/C9H7N3O3/c10-4-3-7-1-2-8(11-6-13)9(5-7)12(14)15/h1-2,5-6H,3H2,(H,11,13). The maximum Gasteiger partial charge on any atom is 0.293 e. The van der Waals surface area contributed by atoms with Crippen molar-refractivity contribution in [1.29, 1.82) is 5.26 Å². The number of hydrogen-bond donors (Lipinski definition) is 1. The summed E-state index contributed by atoms with van der Waals surface area (Å²) in [5.41, 5.74) is 0.451. The van der Waals surface area contributed by atoms with Gasteiger partial charge in [0.25, 0.3) is 5.69 Å². The summed E-state index contributed by atoms with van der Waals surface area (Å²) in [6, 6.07) is 6.12. The van der Waals surface area contributed by atoms with Gasteiger partial charge >= 0.3 is 0 Å². The van der Waals surface area contributed by atoms with Gasteiger partial charge in [0, 0.05) is 6.07 Å². The zero-order chi connectivity index (χ0) is 11.3. The number of nitrogens with zero attached hydrogens (tertiary/aromatic N) is 2. The van der Waals surface area contributed by atoms with Crippen LogP contribution in [0.15, 0.2) is 18.2 Å². The molecular weight excluding hydrogens is 198 g/mol. The van der Waals surface area contributed by atoms with Gasteiger partial charge < -0.3 is 5.32 Å². The van der Waals surface area contributed by atoms with Crippen molar-refractivity contribution in [2.75, 3.05) is 5.32 Å². The quantitative estimate of drug-likeness (QED) is 0.454. The number of rotatable bonds is 4. The average molecular weight is 205 g/mol. The van der Waals surface area contributed by atoms with Crippen molar-refractivity contribution in [2.24, 2.45) is 0 Å². The van der Waals surface area contributed by atoms with Gasteiger partial charge in [0.05, 0.1) is 17.4 Å². The van der Waals surface area contributed by atoms with Crippen LogP contribution in [0, 0.1) is 21.4 Å². The Balaban J connectivity index is 3.15. The number of nitro benzene ring substituents is 1. The number of benzene rings is 1. The van der Waals surface area contributed by atoms with Crippen LogP contribution < -0.4 is 5.32 Å². The van der Waals surface area contributed by atoms with E-state index in [0.717, 1.165) is 0 Å². The van der Waals surface area contributed by atoms with Crippen molar-refractivity contribution in [3.8, 4) is 6.07 Å². The maximum atomic E-state index is 10.6. The molecule has 0 aliphatic rings. The van der Waals surface area contributed by atoms with Crippen LogP contribution in [0.25, 0.3) is 0 Å². The van der Waals surface area contributed by atoms with Crippen LogP contribution in [0.2, 0.25) is 0 Å². The molecule has 76 valence electrons. The third-order valence-electron chi connectivity index (χ3n) is 1.76. The second-order valence-electron chi connectivity index (χ2n) is 2.71. The van der Waals surface area contributed by atoms with E-state index in [1.807, 2.05) is 6.07 Å². The maximum absolute atomic E-state index is 10.6. The lowest BCUT2D eigenvalue weighted by atomic mass is 10.1. The molecular formula is C9H7N3O3. The second-order valence-corrected chi connectivity index (χ2v) is 2.71. The van der Waals surface area contributed by atoms with Gasteiger partial charge in [-0.15, -0.1) is 0 Å². The van der Waals surface area contributed by atoms with Crippen molar-refractivity contribution in [1.82, 2.24) is 0 Å². The van der Waals surface area contributed by atoms with Gasteiger partial charge in [-0.2, -0.15) is 5.26 Å². The highest BCUT2D eigenvalue weighted by Gasteiger charge is 2.13. The molecule has 0 aromatic heterocycles. The molecule has 15 heavy (non-hydrogen) atoms. The molecule has 1 rings (SSSR count). The van der Waals surface area contributed by atoms with Gasteiger partial charge in [-0.25, -0.2) is 0 Å². The smallest absolute Gasteiger partial charge is 0.293 e. The van der Waals surface area contributed by atoms with Crippen LogP contribution in [-0.2, 0) is 11.2 Å². The van der Waals surface area contributed by atoms with E-state index < -0.39 is 4.92 Å². The lowest BCUT2D eigenvalue weighted by molar-refractivity contribution is -0.384. The molecule has 0 bridgehead atoms. The largest absolute Gasteiger partial charge is 0.323 e. The molecule has 6 heteroatoms. The normalized spacial score (nSPS) is 9.00. The monoisotopic (exact) mass is 205 g/mol. The number of hydrogen-bond acceptors (Lipinski definition) is 4. The van der Waals surface area contributed by atoms with E-state index in [4.69, 9.17) is 5.26 Å². The molecule has 1 aromatic carbocycles. The average Bonchev–Trinajstić information content (AvgIpc) is 2.21. The summed E-state index contributed by atoms with van der Waals surface area (Å²) in [6.45, 7) is 0. The molecule has 0 atom stereocenters. The minimum absolute atomic E-state index is 0.0994. The molecule has 6 nitrogen and oxygen atoms in total. The van der Waals surface area contributed by atoms with Gasteiger partial charge in [0.2, 0.25) is 6.41 Å². The summed E-state index contributed by atoms with van der Waals surface area (Å²) >= 11 is 0. The summed E-state index contributed by atoms with van der Waals surface area (Å²) in [4.78, 5) is 20.2. The first-order valence-corrected chi connectivity index (χ1v) is 4.03. The highest BCUT2D eigenvalue weighted by molar-refractivity contribution is 5.77. The van der Waals surface area contributed by atoms with Crippen LogP contribution in [0.3, 0.4) is 0 Å². The highest BCUT2D eigenvalue weighted by Crippen LogP contribution is 2.25. The van der Waals surface area contributed by atoms with Crippen LogP contribution in [-0.4, -0.2) is 11.3 Å². The van der Waals surface area contributed by atoms with Crippen LogP contribution in [0.1, 0.15) is 5.56 Å². The van der Waals surface area contributed by atoms with Crippen molar-refractivity contribution >= 4 is 17.8 Å². The SMILES string of the molecule is N#CCc1ccc(NC=O)c([N+](=O)[O-])c1. The Labute approximate surface area is 85.3 Å². The van der Waals surface area contributed by atoms with E-state index in [9.17, 15) is 14.9 Å². The van der Waals surface area contributed by atoms with Crippen LogP contribution in [0.4, 0.5) is 11.4 Å². The van der Waals surface area contributed by atoms with E-state index in [0.29, 0.717) is 12.0 Å². The number of carbonyl (C=O) groups is 1. The van der Waals surface area contributed by atoms with Crippen molar-refractivity contribution in [3.63, 3.8) is 0 Å². The number of nitro groups is 1. The van der Waals surface area contributed by atoms with Gasteiger partial charge in [-0.3, -0.25) is 14.9 Å². The number of nitrogens with one attached hydrogen (secondary N) is 1. The Bertz CT molecular complexity index is 437. The summed E-state index contributed by atoms with van der Waals surface area (Å²) in [6.07, 6.45) is 0.467. The number of amides is 1. The first kappa shape index (κ1) is 10.7. The molecule has 0 aliphatic carbocycles. The molecule has 0 fully saturated rings. The molecule has 1 N–H and O–H groups in total. The highest BCUT2D eigenvalue weighted by atomic mass is 16.6.